The number of sulfonamides is 1. The zero-order valence-corrected chi connectivity index (χ0v) is 21.5. The molecule has 2 aromatic rings. The third-order valence-electron chi connectivity index (χ3n) is 6.06. The second-order valence-electron chi connectivity index (χ2n) is 8.24. The number of rotatable bonds is 6. The van der Waals surface area contributed by atoms with Crippen molar-refractivity contribution in [2.45, 2.75) is 43.9 Å². The molecule has 1 saturated heterocycles. The van der Waals surface area contributed by atoms with E-state index >= 15 is 0 Å². The van der Waals surface area contributed by atoms with Crippen molar-refractivity contribution in [1.29, 1.82) is 0 Å². The lowest BCUT2D eigenvalue weighted by atomic mass is 9.98. The number of fused-ring (bicyclic) bond motifs is 1. The van der Waals surface area contributed by atoms with Crippen molar-refractivity contribution < 1.29 is 27.5 Å². The fourth-order valence-electron chi connectivity index (χ4n) is 4.31. The van der Waals surface area contributed by atoms with Crippen LogP contribution in [0.2, 0.25) is 0 Å². The van der Waals surface area contributed by atoms with Crippen LogP contribution in [-0.2, 0) is 37.3 Å². The summed E-state index contributed by atoms with van der Waals surface area (Å²) in [6.45, 7) is 4.76. The Morgan fingerprint density at radius 2 is 2.06 bits per heavy atom. The highest BCUT2D eigenvalue weighted by atomic mass is 32.2. The summed E-state index contributed by atoms with van der Waals surface area (Å²) in [4.78, 5) is 40.3. The predicted octanol–water partition coefficient (Wildman–Crippen LogP) is 2.93. The molecule has 0 saturated carbocycles. The highest BCUT2D eigenvalue weighted by Crippen LogP contribution is 2.38. The molecule has 0 radical (unpaired) electrons. The Morgan fingerprint density at radius 1 is 1.26 bits per heavy atom. The Hall–Kier alpha value is -2.28. The van der Waals surface area contributed by atoms with Gasteiger partial charge in [0.05, 0.1) is 24.6 Å². The number of piperidine rings is 1. The molecular weight excluding hydrogens is 498 g/mol. The summed E-state index contributed by atoms with van der Waals surface area (Å²) in [6.07, 6.45) is 1.63. The molecule has 4 rings (SSSR count). The quantitative estimate of drug-likeness (QED) is 0.581. The van der Waals surface area contributed by atoms with E-state index in [4.69, 9.17) is 4.74 Å². The molecule has 2 amide bonds. The zero-order chi connectivity index (χ0) is 24.5. The third kappa shape index (κ3) is 4.90. The first-order valence-electron chi connectivity index (χ1n) is 11.1. The van der Waals surface area contributed by atoms with Gasteiger partial charge in [-0.25, -0.2) is 13.2 Å². The number of carbonyl (C=O) groups is 3. The van der Waals surface area contributed by atoms with E-state index in [1.54, 1.807) is 29.3 Å². The first-order valence-corrected chi connectivity index (χ1v) is 14.3. The molecule has 1 unspecified atom stereocenters. The van der Waals surface area contributed by atoms with Crippen molar-refractivity contribution in [3.05, 3.63) is 33.5 Å². The van der Waals surface area contributed by atoms with Gasteiger partial charge in [-0.15, -0.1) is 22.7 Å². The van der Waals surface area contributed by atoms with Crippen LogP contribution in [0.1, 0.15) is 47.5 Å². The van der Waals surface area contributed by atoms with Gasteiger partial charge in [0.1, 0.15) is 9.21 Å². The monoisotopic (exact) mass is 525 g/mol. The second-order valence-corrected chi connectivity index (χ2v) is 12.5. The van der Waals surface area contributed by atoms with E-state index in [-0.39, 0.29) is 29.2 Å². The van der Waals surface area contributed by atoms with E-state index in [0.29, 0.717) is 49.5 Å². The number of thiophene rings is 2. The molecule has 1 atom stereocenters. The summed E-state index contributed by atoms with van der Waals surface area (Å²) >= 11 is 2.43. The fourth-order valence-corrected chi connectivity index (χ4v) is 8.23. The summed E-state index contributed by atoms with van der Waals surface area (Å²) < 4.78 is 32.7. The summed E-state index contributed by atoms with van der Waals surface area (Å²) in [5.41, 5.74) is 1.15. The second kappa shape index (κ2) is 10.1. The minimum Gasteiger partial charge on any atom is -0.462 e. The maximum atomic E-state index is 13.2. The Morgan fingerprint density at radius 3 is 2.74 bits per heavy atom. The Kier molecular flexibility index (Phi) is 7.41. The van der Waals surface area contributed by atoms with Gasteiger partial charge in [-0.05, 0) is 43.2 Å². The van der Waals surface area contributed by atoms with Crippen LogP contribution in [0.5, 0.6) is 0 Å². The van der Waals surface area contributed by atoms with Gasteiger partial charge in [-0.3, -0.25) is 9.59 Å². The summed E-state index contributed by atoms with van der Waals surface area (Å²) in [6, 6.07) is 3.25. The van der Waals surface area contributed by atoms with Gasteiger partial charge in [0.25, 0.3) is 10.0 Å². The molecule has 1 fully saturated rings. The van der Waals surface area contributed by atoms with Gasteiger partial charge in [0.15, 0.2) is 0 Å². The molecule has 34 heavy (non-hydrogen) atoms. The Balaban J connectivity index is 1.55. The Bertz CT molecular complexity index is 1190. The molecule has 4 heterocycles. The molecule has 0 aliphatic carbocycles. The van der Waals surface area contributed by atoms with Crippen molar-refractivity contribution in [2.75, 3.05) is 31.6 Å². The lowest BCUT2D eigenvalue weighted by molar-refractivity contribution is -0.129. The molecule has 184 valence electrons. The van der Waals surface area contributed by atoms with Crippen LogP contribution in [0.4, 0.5) is 5.00 Å². The molecule has 0 spiro atoms. The van der Waals surface area contributed by atoms with Crippen molar-refractivity contribution in [2.24, 2.45) is 5.92 Å². The minimum atomic E-state index is -3.64. The third-order valence-corrected chi connectivity index (χ3v) is 10.4. The molecule has 9 nitrogen and oxygen atoms in total. The van der Waals surface area contributed by atoms with Crippen LogP contribution >= 0.6 is 22.7 Å². The standard InChI is InChI=1S/C22H27N3O6S3/c1-3-31-22(28)19-16-8-10-24(14(2)26)13-17(16)33-21(19)23-20(27)15-6-4-9-25(12-15)34(29,30)18-7-5-11-32-18/h5,7,11,15H,3-4,6,8-10,12-13H2,1-2H3,(H,23,27). The largest absolute Gasteiger partial charge is 0.462 e. The van der Waals surface area contributed by atoms with Gasteiger partial charge >= 0.3 is 5.97 Å². The Labute approximate surface area is 206 Å². The number of hydrogen-bond donors (Lipinski definition) is 1. The van der Waals surface area contributed by atoms with E-state index in [1.165, 1.54) is 22.6 Å². The molecule has 0 bridgehead atoms. The van der Waals surface area contributed by atoms with Gasteiger partial charge in [-0.2, -0.15) is 4.31 Å². The van der Waals surface area contributed by atoms with Gasteiger partial charge < -0.3 is 15.0 Å². The van der Waals surface area contributed by atoms with E-state index in [9.17, 15) is 22.8 Å². The topological polar surface area (TPSA) is 113 Å². The summed E-state index contributed by atoms with van der Waals surface area (Å²) in [7, 11) is -3.64. The molecule has 2 aliphatic heterocycles. The molecule has 2 aliphatic rings. The van der Waals surface area contributed by atoms with Crippen molar-refractivity contribution >= 4 is 55.5 Å². The van der Waals surface area contributed by atoms with Crippen LogP contribution in [0.25, 0.3) is 0 Å². The first kappa shape index (κ1) is 24.8. The van der Waals surface area contributed by atoms with E-state index in [0.717, 1.165) is 21.8 Å². The normalized spacial score (nSPS) is 18.9. The van der Waals surface area contributed by atoms with Crippen LogP contribution in [0, 0.1) is 5.92 Å². The average Bonchev–Trinajstić information content (AvgIpc) is 3.47. The SMILES string of the molecule is CCOC(=O)c1c(NC(=O)C2CCCN(S(=O)(=O)c3cccs3)C2)sc2c1CCN(C(C)=O)C2. The molecule has 12 heteroatoms. The van der Waals surface area contributed by atoms with Crippen LogP contribution in [0.15, 0.2) is 21.7 Å². The van der Waals surface area contributed by atoms with Gasteiger partial charge in [0, 0.05) is 31.4 Å². The molecule has 1 N–H and O–H groups in total. The van der Waals surface area contributed by atoms with Gasteiger partial charge in [-0.1, -0.05) is 6.07 Å². The highest BCUT2D eigenvalue weighted by Gasteiger charge is 2.35. The first-order chi connectivity index (χ1) is 16.2. The molecule has 2 aromatic heterocycles. The zero-order valence-electron chi connectivity index (χ0n) is 19.0. The minimum absolute atomic E-state index is 0.0448. The maximum absolute atomic E-state index is 13.2. The fraction of sp³-hybridized carbons (Fsp3) is 0.500. The van der Waals surface area contributed by atoms with E-state index in [2.05, 4.69) is 5.32 Å². The molecular formula is C22H27N3O6S3. The number of hydrogen-bond acceptors (Lipinski definition) is 8. The average molecular weight is 526 g/mol. The molecule has 0 aromatic carbocycles. The van der Waals surface area contributed by atoms with Gasteiger partial charge in [0.2, 0.25) is 11.8 Å². The van der Waals surface area contributed by atoms with Crippen LogP contribution in [-0.4, -0.2) is 61.6 Å². The van der Waals surface area contributed by atoms with E-state index in [1.807, 2.05) is 0 Å². The van der Waals surface area contributed by atoms with Crippen molar-refractivity contribution in [3.8, 4) is 0 Å². The number of ether oxygens (including phenoxy) is 1. The van der Waals surface area contributed by atoms with Crippen molar-refractivity contribution in [3.63, 3.8) is 0 Å². The number of anilines is 1. The number of nitrogens with zero attached hydrogens (tertiary/aromatic N) is 2. The lowest BCUT2D eigenvalue weighted by Gasteiger charge is -2.30. The van der Waals surface area contributed by atoms with Crippen LogP contribution < -0.4 is 5.32 Å². The van der Waals surface area contributed by atoms with Crippen molar-refractivity contribution in [1.82, 2.24) is 9.21 Å². The highest BCUT2D eigenvalue weighted by molar-refractivity contribution is 7.91. The lowest BCUT2D eigenvalue weighted by Crippen LogP contribution is -2.43. The number of amides is 2. The predicted molar refractivity (Wildman–Crippen MR) is 130 cm³/mol. The van der Waals surface area contributed by atoms with Crippen LogP contribution in [0.3, 0.4) is 0 Å². The smallest absolute Gasteiger partial charge is 0.341 e. The summed E-state index contributed by atoms with van der Waals surface area (Å²) in [5, 5.41) is 5.00. The maximum Gasteiger partial charge on any atom is 0.341 e. The number of nitrogens with one attached hydrogen (secondary N) is 1. The van der Waals surface area contributed by atoms with E-state index < -0.39 is 21.9 Å². The number of carbonyl (C=O) groups excluding carboxylic acids is 3. The number of esters is 1. The summed E-state index contributed by atoms with van der Waals surface area (Å²) in [5.74, 6) is -1.40.